The first kappa shape index (κ1) is 11.7. The van der Waals surface area contributed by atoms with Gasteiger partial charge in [-0.05, 0) is 24.3 Å². The molecule has 0 atom stereocenters. The van der Waals surface area contributed by atoms with Gasteiger partial charge in [0, 0.05) is 26.9 Å². The Bertz CT molecular complexity index is 636. The second kappa shape index (κ2) is 4.40. The molecule has 0 aliphatic carbocycles. The molecule has 1 amide bonds. The minimum Gasteiger partial charge on any atom is -0.493 e. The highest BCUT2D eigenvalue weighted by atomic mass is 79.9. The van der Waals surface area contributed by atoms with Crippen molar-refractivity contribution in [3.8, 4) is 16.9 Å². The molecule has 3 nitrogen and oxygen atoms in total. The molecule has 0 radical (unpaired) electrons. The van der Waals surface area contributed by atoms with Crippen LogP contribution in [0.25, 0.3) is 11.1 Å². The summed E-state index contributed by atoms with van der Waals surface area (Å²) in [4.78, 5) is 13.0. The van der Waals surface area contributed by atoms with Crippen molar-refractivity contribution in [1.29, 1.82) is 0 Å². The fourth-order valence-corrected chi connectivity index (χ4v) is 3.42. The fraction of sp³-hybridized carbons (Fsp3) is 0.154. The zero-order valence-electron chi connectivity index (χ0n) is 9.40. The van der Waals surface area contributed by atoms with E-state index in [0.717, 1.165) is 32.6 Å². The number of benzene rings is 1. The number of hydrogen-bond acceptors (Lipinski definition) is 3. The van der Waals surface area contributed by atoms with Crippen molar-refractivity contribution in [2.75, 3.05) is 6.61 Å². The Labute approximate surface area is 117 Å². The average Bonchev–Trinajstić information content (AvgIpc) is 2.68. The molecule has 0 fully saturated rings. The summed E-state index contributed by atoms with van der Waals surface area (Å²) < 4.78 is 6.70. The van der Waals surface area contributed by atoms with Crippen molar-refractivity contribution in [3.05, 3.63) is 38.5 Å². The summed E-state index contributed by atoms with van der Waals surface area (Å²) in [5, 5.41) is 0. The maximum atomic E-state index is 11.3. The lowest BCUT2D eigenvalue weighted by molar-refractivity contribution is 0.100. The molecule has 92 valence electrons. The van der Waals surface area contributed by atoms with Crippen LogP contribution in [0, 0.1) is 0 Å². The Morgan fingerprint density at radius 1 is 1.33 bits per heavy atom. The number of thiophene rings is 1. The first-order chi connectivity index (χ1) is 8.65. The van der Waals surface area contributed by atoms with Gasteiger partial charge in [0.15, 0.2) is 0 Å². The van der Waals surface area contributed by atoms with E-state index in [-0.39, 0.29) is 5.91 Å². The third kappa shape index (κ3) is 1.93. The first-order valence-corrected chi connectivity index (χ1v) is 7.11. The number of carbonyl (C=O) groups is 1. The highest BCUT2D eigenvalue weighted by molar-refractivity contribution is 9.10. The van der Waals surface area contributed by atoms with Crippen LogP contribution in [0.5, 0.6) is 5.75 Å². The van der Waals surface area contributed by atoms with Gasteiger partial charge in [0.25, 0.3) is 5.91 Å². The van der Waals surface area contributed by atoms with Crippen molar-refractivity contribution in [3.63, 3.8) is 0 Å². The molecule has 1 aromatic carbocycles. The third-order valence-electron chi connectivity index (χ3n) is 2.87. The van der Waals surface area contributed by atoms with Gasteiger partial charge in [-0.15, -0.1) is 11.3 Å². The van der Waals surface area contributed by atoms with E-state index >= 15 is 0 Å². The highest BCUT2D eigenvalue weighted by Crippen LogP contribution is 2.40. The number of primary amides is 1. The first-order valence-electron chi connectivity index (χ1n) is 5.50. The minimum absolute atomic E-state index is 0.370. The molecular formula is C13H10BrNO2S. The van der Waals surface area contributed by atoms with Crippen LogP contribution >= 0.6 is 27.3 Å². The Hall–Kier alpha value is -1.33. The molecule has 5 heteroatoms. The zero-order chi connectivity index (χ0) is 12.7. The summed E-state index contributed by atoms with van der Waals surface area (Å²) in [7, 11) is 0. The molecule has 18 heavy (non-hydrogen) atoms. The topological polar surface area (TPSA) is 52.3 Å². The summed E-state index contributed by atoms with van der Waals surface area (Å²) in [5.41, 5.74) is 7.42. The lowest BCUT2D eigenvalue weighted by Gasteiger charge is -2.07. The van der Waals surface area contributed by atoms with Gasteiger partial charge in [0.05, 0.1) is 11.5 Å². The van der Waals surface area contributed by atoms with E-state index < -0.39 is 0 Å². The van der Waals surface area contributed by atoms with Gasteiger partial charge in [-0.25, -0.2) is 0 Å². The number of rotatable bonds is 1. The Balaban J connectivity index is 2.22. The normalized spacial score (nSPS) is 13.2. The molecule has 2 N–H and O–H groups in total. The Kier molecular flexibility index (Phi) is 2.87. The second-order valence-corrected chi connectivity index (χ2v) is 6.10. The van der Waals surface area contributed by atoms with Crippen LogP contribution in [-0.2, 0) is 6.42 Å². The highest BCUT2D eigenvalue weighted by Gasteiger charge is 2.20. The molecule has 0 saturated heterocycles. The van der Waals surface area contributed by atoms with Crippen LogP contribution in [0.1, 0.15) is 14.5 Å². The predicted octanol–water partition coefficient (Wildman–Crippen LogP) is 3.21. The lowest BCUT2D eigenvalue weighted by atomic mass is 10.0. The summed E-state index contributed by atoms with van der Waals surface area (Å²) in [6.07, 6.45) is 0.805. The number of amides is 1. The van der Waals surface area contributed by atoms with E-state index in [1.165, 1.54) is 11.3 Å². The molecule has 1 aliphatic heterocycles. The van der Waals surface area contributed by atoms with E-state index in [9.17, 15) is 4.79 Å². The maximum Gasteiger partial charge on any atom is 0.258 e. The third-order valence-corrected chi connectivity index (χ3v) is 4.57. The van der Waals surface area contributed by atoms with Crippen molar-refractivity contribution < 1.29 is 9.53 Å². The van der Waals surface area contributed by atoms with Crippen molar-refractivity contribution in [2.45, 2.75) is 6.42 Å². The van der Waals surface area contributed by atoms with Gasteiger partial charge < -0.3 is 10.5 Å². The van der Waals surface area contributed by atoms with Crippen LogP contribution in [-0.4, -0.2) is 12.5 Å². The van der Waals surface area contributed by atoms with Gasteiger partial charge in [-0.1, -0.05) is 15.9 Å². The Morgan fingerprint density at radius 3 is 2.94 bits per heavy atom. The molecule has 3 rings (SSSR count). The summed E-state index contributed by atoms with van der Waals surface area (Å²) in [6, 6.07) is 7.76. The van der Waals surface area contributed by atoms with Crippen LogP contribution in [0.2, 0.25) is 0 Å². The quantitative estimate of drug-likeness (QED) is 0.876. The predicted molar refractivity (Wildman–Crippen MR) is 75.2 cm³/mol. The standard InChI is InChI=1S/C13H10BrNO2S/c14-7-1-2-10-8(5-7)9-6-12(13(15)16)18-11(9)3-4-17-10/h1-2,5-6H,3-4H2,(H2,15,16). The van der Waals surface area contributed by atoms with Crippen molar-refractivity contribution >= 4 is 33.2 Å². The van der Waals surface area contributed by atoms with E-state index in [1.807, 2.05) is 24.3 Å². The second-order valence-electron chi connectivity index (χ2n) is 4.05. The maximum absolute atomic E-state index is 11.3. The molecule has 0 saturated carbocycles. The van der Waals surface area contributed by atoms with E-state index in [1.54, 1.807) is 0 Å². The number of hydrogen-bond donors (Lipinski definition) is 1. The van der Waals surface area contributed by atoms with Crippen molar-refractivity contribution in [2.24, 2.45) is 5.73 Å². The lowest BCUT2D eigenvalue weighted by Crippen LogP contribution is -2.08. The van der Waals surface area contributed by atoms with Crippen LogP contribution in [0.3, 0.4) is 0 Å². The largest absolute Gasteiger partial charge is 0.493 e. The number of nitrogens with two attached hydrogens (primary N) is 1. The monoisotopic (exact) mass is 323 g/mol. The average molecular weight is 324 g/mol. The van der Waals surface area contributed by atoms with Gasteiger partial charge in [-0.2, -0.15) is 0 Å². The number of ether oxygens (including phenoxy) is 1. The van der Waals surface area contributed by atoms with Gasteiger partial charge in [-0.3, -0.25) is 4.79 Å². The summed E-state index contributed by atoms with van der Waals surface area (Å²) in [5.74, 6) is 0.483. The van der Waals surface area contributed by atoms with E-state index in [2.05, 4.69) is 15.9 Å². The molecular weight excluding hydrogens is 314 g/mol. The van der Waals surface area contributed by atoms with E-state index in [4.69, 9.17) is 10.5 Å². The van der Waals surface area contributed by atoms with E-state index in [0.29, 0.717) is 11.5 Å². The number of halogens is 1. The van der Waals surface area contributed by atoms with Crippen LogP contribution < -0.4 is 10.5 Å². The smallest absolute Gasteiger partial charge is 0.258 e. The molecule has 2 aromatic rings. The Morgan fingerprint density at radius 2 is 2.17 bits per heavy atom. The molecule has 1 aromatic heterocycles. The minimum atomic E-state index is -0.370. The van der Waals surface area contributed by atoms with Crippen LogP contribution in [0.15, 0.2) is 28.7 Å². The zero-order valence-corrected chi connectivity index (χ0v) is 11.8. The van der Waals surface area contributed by atoms with Gasteiger partial charge in [0.1, 0.15) is 5.75 Å². The number of fused-ring (bicyclic) bond motifs is 3. The van der Waals surface area contributed by atoms with Crippen LogP contribution in [0.4, 0.5) is 0 Å². The summed E-state index contributed by atoms with van der Waals surface area (Å²) in [6.45, 7) is 0.625. The molecule has 1 aliphatic rings. The van der Waals surface area contributed by atoms with Gasteiger partial charge in [0.2, 0.25) is 0 Å². The molecule has 0 bridgehead atoms. The van der Waals surface area contributed by atoms with Crippen molar-refractivity contribution in [1.82, 2.24) is 0 Å². The molecule has 2 heterocycles. The summed E-state index contributed by atoms with van der Waals surface area (Å²) >= 11 is 4.92. The fourth-order valence-electron chi connectivity index (χ4n) is 2.06. The number of carbonyl (C=O) groups excluding carboxylic acids is 1. The molecule has 0 spiro atoms. The van der Waals surface area contributed by atoms with Gasteiger partial charge >= 0.3 is 0 Å². The molecule has 0 unspecified atom stereocenters. The SMILES string of the molecule is NC(=O)c1cc2c(s1)CCOc1ccc(Br)cc1-2.